The molecule has 0 amide bonds. The summed E-state index contributed by atoms with van der Waals surface area (Å²) >= 11 is 7.99. The molecular weight excluding hydrogens is 296 g/mol. The summed E-state index contributed by atoms with van der Waals surface area (Å²) < 4.78 is 0. The number of halogens is 1. The van der Waals surface area contributed by atoms with Crippen LogP contribution in [0.4, 0.5) is 5.82 Å². The van der Waals surface area contributed by atoms with Crippen LogP contribution in [0.15, 0.2) is 34.9 Å². The van der Waals surface area contributed by atoms with E-state index in [9.17, 15) is 0 Å². The molecule has 0 bridgehead atoms. The van der Waals surface area contributed by atoms with Crippen molar-refractivity contribution in [1.82, 2.24) is 4.98 Å². The summed E-state index contributed by atoms with van der Waals surface area (Å²) in [6.07, 6.45) is 2.51. The van der Waals surface area contributed by atoms with Crippen molar-refractivity contribution >= 4 is 34.6 Å². The fraction of sp³-hybridized carbons (Fsp3) is 0.231. The van der Waals surface area contributed by atoms with E-state index in [1.165, 1.54) is 4.88 Å². The first kappa shape index (κ1) is 14.6. The maximum atomic E-state index is 8.74. The van der Waals surface area contributed by atoms with Crippen LogP contribution in [0.25, 0.3) is 0 Å². The minimum Gasteiger partial charge on any atom is -0.409 e. The fourth-order valence-electron chi connectivity index (χ4n) is 1.79. The van der Waals surface area contributed by atoms with Crippen LogP contribution in [-0.4, -0.2) is 29.6 Å². The Morgan fingerprint density at radius 2 is 2.35 bits per heavy atom. The van der Waals surface area contributed by atoms with Gasteiger partial charge >= 0.3 is 0 Å². The van der Waals surface area contributed by atoms with Crippen LogP contribution in [0.1, 0.15) is 10.4 Å². The largest absolute Gasteiger partial charge is 0.409 e. The van der Waals surface area contributed by atoms with Gasteiger partial charge in [-0.2, -0.15) is 0 Å². The summed E-state index contributed by atoms with van der Waals surface area (Å²) in [6, 6.07) is 5.75. The zero-order valence-electron chi connectivity index (χ0n) is 11.0. The number of hydrogen-bond donors (Lipinski definition) is 2. The van der Waals surface area contributed by atoms with Gasteiger partial charge in [-0.1, -0.05) is 22.8 Å². The van der Waals surface area contributed by atoms with E-state index in [1.807, 2.05) is 18.0 Å². The zero-order chi connectivity index (χ0) is 14.5. The van der Waals surface area contributed by atoms with Crippen LogP contribution in [0.2, 0.25) is 5.02 Å². The molecule has 0 aliphatic heterocycles. The van der Waals surface area contributed by atoms with Gasteiger partial charge in [0.1, 0.15) is 5.82 Å². The lowest BCUT2D eigenvalue weighted by atomic mass is 10.2. The van der Waals surface area contributed by atoms with Gasteiger partial charge in [-0.25, -0.2) is 4.98 Å². The van der Waals surface area contributed by atoms with Crippen molar-refractivity contribution in [1.29, 1.82) is 0 Å². The molecule has 0 aromatic carbocycles. The van der Waals surface area contributed by atoms with Crippen LogP contribution in [0.5, 0.6) is 0 Å². The summed E-state index contributed by atoms with van der Waals surface area (Å²) in [5.41, 5.74) is 6.06. The predicted octanol–water partition coefficient (Wildman–Crippen LogP) is 2.57. The summed E-state index contributed by atoms with van der Waals surface area (Å²) in [6.45, 7) is 0.785. The van der Waals surface area contributed by atoms with Gasteiger partial charge < -0.3 is 15.8 Å². The summed E-state index contributed by atoms with van der Waals surface area (Å²) in [5.74, 6) is 0.595. The minimum atomic E-state index is -0.0229. The van der Waals surface area contributed by atoms with E-state index in [1.54, 1.807) is 23.6 Å². The standard InChI is InChI=1S/C13H15ClN4OS/c1-18(7-5-9-3-2-8-20-9)13-11(14)10(4-6-16-13)12(15)17-19/h2-4,6,8,19H,5,7H2,1H3,(H2,15,17). The first-order chi connectivity index (χ1) is 9.63. The summed E-state index contributed by atoms with van der Waals surface area (Å²) in [5, 5.41) is 14.2. The van der Waals surface area contributed by atoms with Crippen molar-refractivity contribution in [2.45, 2.75) is 6.42 Å². The topological polar surface area (TPSA) is 74.7 Å². The van der Waals surface area contributed by atoms with E-state index in [0.717, 1.165) is 13.0 Å². The second-order valence-electron chi connectivity index (χ2n) is 4.23. The number of nitrogens with zero attached hydrogens (tertiary/aromatic N) is 3. The Morgan fingerprint density at radius 3 is 3.00 bits per heavy atom. The highest BCUT2D eigenvalue weighted by Gasteiger charge is 2.14. The molecule has 0 atom stereocenters. The van der Waals surface area contributed by atoms with Gasteiger partial charge in [0.25, 0.3) is 0 Å². The number of rotatable bonds is 5. The number of anilines is 1. The van der Waals surface area contributed by atoms with Gasteiger partial charge in [-0.05, 0) is 23.9 Å². The normalized spacial score (nSPS) is 11.6. The van der Waals surface area contributed by atoms with Crippen molar-refractivity contribution in [3.63, 3.8) is 0 Å². The highest BCUT2D eigenvalue weighted by molar-refractivity contribution is 7.09. The first-order valence-corrected chi connectivity index (χ1v) is 7.25. The number of nitrogens with two attached hydrogens (primary N) is 1. The number of oxime groups is 1. The predicted molar refractivity (Wildman–Crippen MR) is 83.1 cm³/mol. The Hall–Kier alpha value is -1.79. The number of thiophene rings is 1. The lowest BCUT2D eigenvalue weighted by Crippen LogP contribution is -2.23. The monoisotopic (exact) mass is 310 g/mol. The third-order valence-corrected chi connectivity index (χ3v) is 4.20. The second-order valence-corrected chi connectivity index (χ2v) is 5.64. The number of likely N-dealkylation sites (N-methyl/N-ethyl adjacent to an activating group) is 1. The van der Waals surface area contributed by atoms with Gasteiger partial charge in [-0.15, -0.1) is 11.3 Å². The molecule has 0 fully saturated rings. The van der Waals surface area contributed by atoms with E-state index in [-0.39, 0.29) is 5.84 Å². The molecule has 0 unspecified atom stereocenters. The molecule has 5 nitrogen and oxygen atoms in total. The molecule has 2 aromatic heterocycles. The van der Waals surface area contributed by atoms with Crippen molar-refractivity contribution in [2.75, 3.05) is 18.5 Å². The molecule has 2 heterocycles. The van der Waals surface area contributed by atoms with Crippen LogP contribution in [0, 0.1) is 0 Å². The SMILES string of the molecule is CN(CCc1cccs1)c1nccc(/C(N)=N/O)c1Cl. The Morgan fingerprint density at radius 1 is 1.55 bits per heavy atom. The van der Waals surface area contributed by atoms with Gasteiger partial charge in [0, 0.05) is 30.2 Å². The van der Waals surface area contributed by atoms with E-state index in [4.69, 9.17) is 22.5 Å². The number of amidine groups is 1. The van der Waals surface area contributed by atoms with Gasteiger partial charge in [0.2, 0.25) is 0 Å². The van der Waals surface area contributed by atoms with E-state index < -0.39 is 0 Å². The van der Waals surface area contributed by atoms with Crippen LogP contribution in [0.3, 0.4) is 0 Å². The van der Waals surface area contributed by atoms with E-state index in [2.05, 4.69) is 21.6 Å². The second kappa shape index (κ2) is 6.58. The molecule has 0 saturated carbocycles. The Labute approximate surface area is 126 Å². The minimum absolute atomic E-state index is 0.0229. The molecule has 2 aromatic rings. The molecule has 0 spiro atoms. The molecule has 2 rings (SSSR count). The van der Waals surface area contributed by atoms with Crippen LogP contribution < -0.4 is 10.6 Å². The quantitative estimate of drug-likeness (QED) is 0.385. The molecule has 20 heavy (non-hydrogen) atoms. The van der Waals surface area contributed by atoms with Crippen LogP contribution in [-0.2, 0) is 6.42 Å². The molecule has 0 saturated heterocycles. The van der Waals surface area contributed by atoms with Gasteiger partial charge in [0.05, 0.1) is 5.02 Å². The molecule has 3 N–H and O–H groups in total. The molecule has 7 heteroatoms. The maximum absolute atomic E-state index is 8.74. The summed E-state index contributed by atoms with van der Waals surface area (Å²) in [7, 11) is 1.91. The van der Waals surface area contributed by atoms with Crippen molar-refractivity contribution in [3.8, 4) is 0 Å². The van der Waals surface area contributed by atoms with Crippen LogP contribution >= 0.6 is 22.9 Å². The van der Waals surface area contributed by atoms with E-state index in [0.29, 0.717) is 16.4 Å². The molecule has 106 valence electrons. The molecule has 0 aliphatic rings. The average Bonchev–Trinajstić information content (AvgIpc) is 2.97. The summed E-state index contributed by atoms with van der Waals surface area (Å²) in [4.78, 5) is 7.52. The molecule has 0 radical (unpaired) electrons. The highest BCUT2D eigenvalue weighted by Crippen LogP contribution is 2.26. The lowest BCUT2D eigenvalue weighted by Gasteiger charge is -2.20. The Kier molecular flexibility index (Phi) is 4.81. The zero-order valence-corrected chi connectivity index (χ0v) is 12.5. The smallest absolute Gasteiger partial charge is 0.171 e. The van der Waals surface area contributed by atoms with Crippen molar-refractivity contribution < 1.29 is 5.21 Å². The Balaban J connectivity index is 2.15. The average molecular weight is 311 g/mol. The first-order valence-electron chi connectivity index (χ1n) is 5.99. The van der Waals surface area contributed by atoms with Crippen molar-refractivity contribution in [2.24, 2.45) is 10.9 Å². The number of aromatic nitrogens is 1. The maximum Gasteiger partial charge on any atom is 0.171 e. The Bertz CT molecular complexity index is 600. The number of pyridine rings is 1. The lowest BCUT2D eigenvalue weighted by molar-refractivity contribution is 0.318. The van der Waals surface area contributed by atoms with Crippen molar-refractivity contribution in [3.05, 3.63) is 45.2 Å². The third kappa shape index (κ3) is 3.20. The molecular formula is C13H15ClN4OS. The van der Waals surface area contributed by atoms with E-state index >= 15 is 0 Å². The third-order valence-electron chi connectivity index (χ3n) is 2.89. The highest BCUT2D eigenvalue weighted by atomic mass is 35.5. The molecule has 0 aliphatic carbocycles. The van der Waals surface area contributed by atoms with Gasteiger partial charge in [-0.3, -0.25) is 0 Å². The fourth-order valence-corrected chi connectivity index (χ4v) is 2.84. The number of hydrogen-bond acceptors (Lipinski definition) is 5. The van der Waals surface area contributed by atoms with Gasteiger partial charge in [0.15, 0.2) is 5.84 Å².